The van der Waals surface area contributed by atoms with E-state index in [9.17, 15) is 13.2 Å². The van der Waals surface area contributed by atoms with Gasteiger partial charge >= 0.3 is 0 Å². The second kappa shape index (κ2) is 7.82. The van der Waals surface area contributed by atoms with Gasteiger partial charge in [0.2, 0.25) is 0 Å². The summed E-state index contributed by atoms with van der Waals surface area (Å²) in [5.41, 5.74) is 1.55. The summed E-state index contributed by atoms with van der Waals surface area (Å²) in [6.07, 6.45) is 0.103. The van der Waals surface area contributed by atoms with Gasteiger partial charge in [-0.3, -0.25) is 4.79 Å². The highest BCUT2D eigenvalue weighted by molar-refractivity contribution is 9.10. The molecule has 0 aliphatic carbocycles. The molecule has 5 nitrogen and oxygen atoms in total. The minimum Gasteiger partial charge on any atom is -0.316 e. The predicted octanol–water partition coefficient (Wildman–Crippen LogP) is 3.95. The molecule has 0 aromatic heterocycles. The number of rotatable bonds is 3. The first-order chi connectivity index (χ1) is 13.3. The number of sulfone groups is 1. The Morgan fingerprint density at radius 2 is 1.89 bits per heavy atom. The van der Waals surface area contributed by atoms with E-state index in [1.165, 1.54) is 11.8 Å². The summed E-state index contributed by atoms with van der Waals surface area (Å²) >= 11 is 10.9. The maximum Gasteiger partial charge on any atom is 0.252 e. The summed E-state index contributed by atoms with van der Waals surface area (Å²) in [6.45, 7) is 0. The van der Waals surface area contributed by atoms with Crippen molar-refractivity contribution in [3.8, 4) is 0 Å². The molecule has 9 heteroatoms. The number of anilines is 1. The molecule has 0 N–H and O–H groups in total. The summed E-state index contributed by atoms with van der Waals surface area (Å²) in [5.74, 6) is -0.133. The highest BCUT2D eigenvalue weighted by Gasteiger charge is 2.49. The molecule has 0 unspecified atom stereocenters. The Labute approximate surface area is 181 Å². The van der Waals surface area contributed by atoms with Crippen molar-refractivity contribution in [2.45, 2.75) is 17.7 Å². The molecule has 0 bridgehead atoms. The number of aliphatic imine (C=N–C) groups is 1. The fourth-order valence-electron chi connectivity index (χ4n) is 3.42. The zero-order valence-corrected chi connectivity index (χ0v) is 18.6. The SMILES string of the molecule is O=C(Cc1ccccc1Cl)N=C1S[C@@H]2CS(=O)(=O)C[C@@H]2N1c1ccc(Br)cc1. The molecule has 1 amide bonds. The molecule has 0 radical (unpaired) electrons. The van der Waals surface area contributed by atoms with Crippen LogP contribution in [0.4, 0.5) is 5.69 Å². The second-order valence-corrected chi connectivity index (χ2v) is 11.4. The van der Waals surface area contributed by atoms with Gasteiger partial charge in [-0.15, -0.1) is 0 Å². The Kier molecular flexibility index (Phi) is 5.57. The molecule has 28 heavy (non-hydrogen) atoms. The zero-order valence-electron chi connectivity index (χ0n) is 14.6. The predicted molar refractivity (Wildman–Crippen MR) is 118 cm³/mol. The van der Waals surface area contributed by atoms with Crippen molar-refractivity contribution < 1.29 is 13.2 Å². The first-order valence-electron chi connectivity index (χ1n) is 8.59. The van der Waals surface area contributed by atoms with Gasteiger partial charge in [-0.25, -0.2) is 8.42 Å². The second-order valence-electron chi connectivity index (χ2n) is 6.70. The van der Waals surface area contributed by atoms with E-state index in [0.29, 0.717) is 10.2 Å². The average Bonchev–Trinajstić information content (AvgIpc) is 3.09. The molecule has 2 saturated heterocycles. The number of amides is 1. The summed E-state index contributed by atoms with van der Waals surface area (Å²) in [6, 6.07) is 14.5. The minimum atomic E-state index is -3.09. The number of benzene rings is 2. The Morgan fingerprint density at radius 3 is 2.61 bits per heavy atom. The molecule has 2 aromatic carbocycles. The Morgan fingerprint density at radius 1 is 1.18 bits per heavy atom. The van der Waals surface area contributed by atoms with Crippen LogP contribution >= 0.6 is 39.3 Å². The van der Waals surface area contributed by atoms with Crippen LogP contribution in [0.1, 0.15) is 5.56 Å². The van der Waals surface area contributed by atoms with E-state index in [-0.39, 0.29) is 35.1 Å². The molecule has 2 atom stereocenters. The smallest absolute Gasteiger partial charge is 0.252 e. The van der Waals surface area contributed by atoms with E-state index in [0.717, 1.165) is 15.7 Å². The highest BCUT2D eigenvalue weighted by atomic mass is 79.9. The molecular weight excluding hydrogens is 484 g/mol. The van der Waals surface area contributed by atoms with Crippen LogP contribution in [0.25, 0.3) is 0 Å². The molecule has 0 saturated carbocycles. The van der Waals surface area contributed by atoms with Gasteiger partial charge in [-0.2, -0.15) is 4.99 Å². The van der Waals surface area contributed by atoms with E-state index in [1.807, 2.05) is 41.3 Å². The van der Waals surface area contributed by atoms with Gasteiger partial charge in [-0.1, -0.05) is 57.5 Å². The van der Waals surface area contributed by atoms with Crippen LogP contribution in [0.2, 0.25) is 5.02 Å². The number of hydrogen-bond acceptors (Lipinski definition) is 4. The van der Waals surface area contributed by atoms with E-state index >= 15 is 0 Å². The average molecular weight is 500 g/mol. The number of carbonyl (C=O) groups is 1. The zero-order chi connectivity index (χ0) is 19.9. The molecule has 2 aliphatic heterocycles. The van der Waals surface area contributed by atoms with Gasteiger partial charge < -0.3 is 4.90 Å². The van der Waals surface area contributed by atoms with E-state index in [1.54, 1.807) is 12.1 Å². The molecule has 0 spiro atoms. The maximum absolute atomic E-state index is 12.6. The van der Waals surface area contributed by atoms with Gasteiger partial charge in [-0.05, 0) is 35.9 Å². The Balaban J connectivity index is 1.65. The lowest BCUT2D eigenvalue weighted by atomic mass is 10.1. The summed E-state index contributed by atoms with van der Waals surface area (Å²) in [4.78, 5) is 18.8. The van der Waals surface area contributed by atoms with Crippen LogP contribution in [0.15, 0.2) is 58.0 Å². The minimum absolute atomic E-state index is 0.0679. The van der Waals surface area contributed by atoms with E-state index < -0.39 is 9.84 Å². The van der Waals surface area contributed by atoms with Gasteiger partial charge in [0.25, 0.3) is 5.91 Å². The first kappa shape index (κ1) is 19.9. The fraction of sp³-hybridized carbons (Fsp3) is 0.263. The largest absolute Gasteiger partial charge is 0.316 e. The van der Waals surface area contributed by atoms with Crippen molar-refractivity contribution in [2.24, 2.45) is 4.99 Å². The van der Waals surface area contributed by atoms with E-state index in [4.69, 9.17) is 11.6 Å². The van der Waals surface area contributed by atoms with Crippen LogP contribution in [0.5, 0.6) is 0 Å². The number of nitrogens with zero attached hydrogens (tertiary/aromatic N) is 2. The number of carbonyl (C=O) groups excluding carboxylic acids is 1. The third-order valence-corrected chi connectivity index (χ3v) is 8.80. The lowest BCUT2D eigenvalue weighted by Crippen LogP contribution is -2.37. The molecule has 146 valence electrons. The number of thioether (sulfide) groups is 1. The van der Waals surface area contributed by atoms with Gasteiger partial charge in [0.05, 0.1) is 24.0 Å². The summed E-state index contributed by atoms with van der Waals surface area (Å²) in [5, 5.41) is 0.952. The van der Waals surface area contributed by atoms with Crippen molar-refractivity contribution in [3.05, 3.63) is 63.6 Å². The number of hydrogen-bond donors (Lipinski definition) is 0. The number of amidine groups is 1. The quantitative estimate of drug-likeness (QED) is 0.640. The van der Waals surface area contributed by atoms with Gasteiger partial charge in [0, 0.05) is 20.4 Å². The molecule has 2 aromatic rings. The van der Waals surface area contributed by atoms with E-state index in [2.05, 4.69) is 20.9 Å². The maximum atomic E-state index is 12.6. The fourth-order valence-corrected chi connectivity index (χ4v) is 7.82. The van der Waals surface area contributed by atoms with Crippen molar-refractivity contribution in [2.75, 3.05) is 16.4 Å². The van der Waals surface area contributed by atoms with Crippen LogP contribution in [0.3, 0.4) is 0 Å². The van der Waals surface area contributed by atoms with Crippen LogP contribution in [-0.2, 0) is 21.1 Å². The standard InChI is InChI=1S/C19H16BrClN2O3S2/c20-13-5-7-14(8-6-13)23-16-10-28(25,26)11-17(16)27-19(23)22-18(24)9-12-3-1-2-4-15(12)21/h1-8,16-17H,9-11H2/t16-,17+/m0/s1. The lowest BCUT2D eigenvalue weighted by Gasteiger charge is -2.24. The van der Waals surface area contributed by atoms with Gasteiger partial charge in [0.1, 0.15) is 0 Å². The summed E-state index contributed by atoms with van der Waals surface area (Å²) in [7, 11) is -3.09. The van der Waals surface area contributed by atoms with Crippen LogP contribution < -0.4 is 4.90 Å². The molecular formula is C19H16BrClN2O3S2. The third kappa shape index (κ3) is 4.15. The van der Waals surface area contributed by atoms with Crippen LogP contribution in [0, 0.1) is 0 Å². The van der Waals surface area contributed by atoms with Crippen molar-refractivity contribution in [1.82, 2.24) is 0 Å². The molecule has 4 rings (SSSR count). The molecule has 2 heterocycles. The summed E-state index contributed by atoms with van der Waals surface area (Å²) < 4.78 is 25.2. The molecule has 2 aliphatic rings. The lowest BCUT2D eigenvalue weighted by molar-refractivity contribution is -0.117. The number of halogens is 2. The Hall–Kier alpha value is -1.35. The van der Waals surface area contributed by atoms with Gasteiger partial charge in [0.15, 0.2) is 15.0 Å². The normalized spacial score (nSPS) is 24.5. The number of fused-ring (bicyclic) bond motifs is 1. The van der Waals surface area contributed by atoms with Crippen LogP contribution in [-0.4, -0.2) is 42.3 Å². The first-order valence-corrected chi connectivity index (χ1v) is 12.5. The van der Waals surface area contributed by atoms with Crippen molar-refractivity contribution in [1.29, 1.82) is 0 Å². The topological polar surface area (TPSA) is 66.8 Å². The van der Waals surface area contributed by atoms with Crippen molar-refractivity contribution in [3.63, 3.8) is 0 Å². The molecule has 2 fully saturated rings. The Bertz CT molecular complexity index is 1060. The monoisotopic (exact) mass is 498 g/mol. The third-order valence-electron chi connectivity index (χ3n) is 4.69. The van der Waals surface area contributed by atoms with Crippen molar-refractivity contribution >= 4 is 65.9 Å². The highest BCUT2D eigenvalue weighted by Crippen LogP contribution is 2.41.